The van der Waals surface area contributed by atoms with Gasteiger partial charge in [0.25, 0.3) is 10.0 Å². The molecule has 1 aromatic rings. The number of carbonyl (C=O) groups is 1. The molecule has 23 heavy (non-hydrogen) atoms. The van der Waals surface area contributed by atoms with Crippen LogP contribution in [0.25, 0.3) is 0 Å². The minimum absolute atomic E-state index is 0.0920. The molecular weight excluding hydrogens is 322 g/mol. The van der Waals surface area contributed by atoms with Gasteiger partial charge in [-0.05, 0) is 25.0 Å². The van der Waals surface area contributed by atoms with Gasteiger partial charge in [-0.3, -0.25) is 4.79 Å². The lowest BCUT2D eigenvalue weighted by atomic mass is 10.1. The number of ether oxygens (including phenoxy) is 2. The molecule has 0 atom stereocenters. The number of sulfonamides is 1. The summed E-state index contributed by atoms with van der Waals surface area (Å²) in [6.45, 7) is 1.05. The number of hydrogen-bond acceptors (Lipinski definition) is 6. The maximum atomic E-state index is 12.5. The van der Waals surface area contributed by atoms with Gasteiger partial charge >= 0.3 is 0 Å². The molecule has 0 unspecified atom stereocenters. The third-order valence-corrected chi connectivity index (χ3v) is 5.09. The van der Waals surface area contributed by atoms with Gasteiger partial charge in [0.05, 0.1) is 19.1 Å². The van der Waals surface area contributed by atoms with E-state index in [-0.39, 0.29) is 10.9 Å². The van der Waals surface area contributed by atoms with Crippen LogP contribution in [-0.4, -0.2) is 53.2 Å². The minimum Gasteiger partial charge on any atom is -0.493 e. The summed E-state index contributed by atoms with van der Waals surface area (Å²) in [6.07, 6.45) is 2.05. The van der Waals surface area contributed by atoms with Crippen LogP contribution in [0.2, 0.25) is 0 Å². The molecule has 1 heterocycles. The monoisotopic (exact) mass is 343 g/mol. The highest BCUT2D eigenvalue weighted by molar-refractivity contribution is 7.89. The summed E-state index contributed by atoms with van der Waals surface area (Å²) in [5.41, 5.74) is 0. The smallest absolute Gasteiger partial charge is 0.253 e. The van der Waals surface area contributed by atoms with Crippen LogP contribution in [0.3, 0.4) is 0 Å². The third-order valence-electron chi connectivity index (χ3n) is 3.71. The summed E-state index contributed by atoms with van der Waals surface area (Å²) in [7, 11) is -0.758. The molecule has 1 aliphatic heterocycles. The van der Waals surface area contributed by atoms with E-state index in [0.29, 0.717) is 43.8 Å². The fraction of sp³-hybridized carbons (Fsp3) is 0.500. The number of methoxy groups -OCH3 is 2. The van der Waals surface area contributed by atoms with Crippen LogP contribution in [0, 0.1) is 0 Å². The maximum absolute atomic E-state index is 12.5. The molecule has 0 spiro atoms. The van der Waals surface area contributed by atoms with Crippen molar-refractivity contribution in [2.75, 3.05) is 27.3 Å². The summed E-state index contributed by atoms with van der Waals surface area (Å²) in [5.74, 6) is 0.816. The van der Waals surface area contributed by atoms with Crippen LogP contribution < -0.4 is 19.6 Å². The largest absolute Gasteiger partial charge is 0.493 e. The van der Waals surface area contributed by atoms with E-state index in [0.717, 1.165) is 0 Å². The lowest BCUT2D eigenvalue weighted by molar-refractivity contribution is -0.110. The highest BCUT2D eigenvalue weighted by Gasteiger charge is 2.24. The first-order valence-corrected chi connectivity index (χ1v) is 8.67. The Balaban J connectivity index is 2.06. The number of rotatable bonds is 7. The normalized spacial score (nSPS) is 16.8. The van der Waals surface area contributed by atoms with Crippen LogP contribution in [-0.2, 0) is 14.8 Å². The molecule has 2 rings (SSSR count). The highest BCUT2D eigenvalue weighted by atomic mass is 32.2. The van der Waals surface area contributed by atoms with Crippen LogP contribution in [0.1, 0.15) is 12.8 Å². The van der Waals surface area contributed by atoms with Gasteiger partial charge in [-0.15, -0.1) is 4.83 Å². The molecule has 1 fully saturated rings. The fourth-order valence-electron chi connectivity index (χ4n) is 2.44. The predicted molar refractivity (Wildman–Crippen MR) is 83.7 cm³/mol. The number of piperidine rings is 1. The molecule has 0 saturated carbocycles. The summed E-state index contributed by atoms with van der Waals surface area (Å²) in [5, 5.41) is 4.35. The number of nitrogens with zero attached hydrogens (tertiary/aromatic N) is 1. The van der Waals surface area contributed by atoms with E-state index in [2.05, 4.69) is 10.1 Å². The standard InChI is InChI=1S/C14H21N3O5S/c1-21-13-4-3-12(9-14(13)22-2)23(19,20)16-17-7-5-11(6-8-17)15-10-18/h3-4,9-11,16H,5-8H2,1-2H3,(H,15,18). The van der Waals surface area contributed by atoms with Gasteiger partial charge in [0, 0.05) is 25.2 Å². The zero-order chi connectivity index (χ0) is 16.9. The summed E-state index contributed by atoms with van der Waals surface area (Å²) in [6, 6.07) is 4.52. The molecule has 1 saturated heterocycles. The van der Waals surface area contributed by atoms with Crippen LogP contribution in [0.15, 0.2) is 23.1 Å². The average Bonchev–Trinajstić information content (AvgIpc) is 2.56. The van der Waals surface area contributed by atoms with Crippen molar-refractivity contribution in [1.82, 2.24) is 15.2 Å². The number of hydrazine groups is 1. The number of benzene rings is 1. The Morgan fingerprint density at radius 1 is 1.17 bits per heavy atom. The Bertz CT molecular complexity index is 642. The molecule has 0 aromatic heterocycles. The van der Waals surface area contributed by atoms with Gasteiger partial charge in [-0.2, -0.15) is 0 Å². The van der Waals surface area contributed by atoms with Crippen molar-refractivity contribution in [3.8, 4) is 11.5 Å². The Morgan fingerprint density at radius 3 is 2.39 bits per heavy atom. The van der Waals surface area contributed by atoms with E-state index < -0.39 is 10.0 Å². The predicted octanol–water partition coefficient (Wildman–Crippen LogP) is 0.108. The van der Waals surface area contributed by atoms with Crippen LogP contribution in [0.4, 0.5) is 0 Å². The summed E-state index contributed by atoms with van der Waals surface area (Å²) < 4.78 is 35.1. The van der Waals surface area contributed by atoms with Crippen molar-refractivity contribution in [2.45, 2.75) is 23.8 Å². The molecule has 0 bridgehead atoms. The van der Waals surface area contributed by atoms with Gasteiger partial charge in [-0.1, -0.05) is 0 Å². The van der Waals surface area contributed by atoms with Gasteiger partial charge < -0.3 is 14.8 Å². The van der Waals surface area contributed by atoms with E-state index in [1.54, 1.807) is 11.1 Å². The van der Waals surface area contributed by atoms with Crippen molar-refractivity contribution < 1.29 is 22.7 Å². The number of nitrogens with one attached hydrogen (secondary N) is 2. The lowest BCUT2D eigenvalue weighted by Gasteiger charge is -2.31. The van der Waals surface area contributed by atoms with Crippen LogP contribution >= 0.6 is 0 Å². The number of carbonyl (C=O) groups excluding carboxylic acids is 1. The molecule has 2 N–H and O–H groups in total. The average molecular weight is 343 g/mol. The number of hydrogen-bond donors (Lipinski definition) is 2. The molecule has 8 nitrogen and oxygen atoms in total. The highest BCUT2D eigenvalue weighted by Crippen LogP contribution is 2.29. The van der Waals surface area contributed by atoms with Gasteiger partial charge in [0.1, 0.15) is 0 Å². The van der Waals surface area contributed by atoms with E-state index in [4.69, 9.17) is 9.47 Å². The second-order valence-electron chi connectivity index (χ2n) is 5.16. The van der Waals surface area contributed by atoms with E-state index in [1.807, 2.05) is 0 Å². The Hall–Kier alpha value is -1.84. The molecule has 1 aromatic carbocycles. The third kappa shape index (κ3) is 4.34. The lowest BCUT2D eigenvalue weighted by Crippen LogP contribution is -2.49. The Kier molecular flexibility index (Phi) is 5.80. The molecule has 0 radical (unpaired) electrons. The molecule has 0 aliphatic carbocycles. The zero-order valence-corrected chi connectivity index (χ0v) is 13.9. The van der Waals surface area contributed by atoms with Crippen molar-refractivity contribution >= 4 is 16.4 Å². The van der Waals surface area contributed by atoms with E-state index in [9.17, 15) is 13.2 Å². The Labute approximate surface area is 135 Å². The minimum atomic E-state index is -3.70. The maximum Gasteiger partial charge on any atom is 0.253 e. The first-order chi connectivity index (χ1) is 11.0. The van der Waals surface area contributed by atoms with Crippen molar-refractivity contribution in [3.63, 3.8) is 0 Å². The first kappa shape index (κ1) is 17.5. The molecule has 128 valence electrons. The SMILES string of the molecule is COc1ccc(S(=O)(=O)NN2CCC(NC=O)CC2)cc1OC. The van der Waals surface area contributed by atoms with Crippen LogP contribution in [0.5, 0.6) is 11.5 Å². The van der Waals surface area contributed by atoms with Gasteiger partial charge in [-0.25, -0.2) is 13.4 Å². The first-order valence-electron chi connectivity index (χ1n) is 7.19. The van der Waals surface area contributed by atoms with Crippen molar-refractivity contribution in [3.05, 3.63) is 18.2 Å². The zero-order valence-electron chi connectivity index (χ0n) is 13.1. The topological polar surface area (TPSA) is 97.0 Å². The molecule has 1 amide bonds. The molecule has 1 aliphatic rings. The summed E-state index contributed by atoms with van der Waals surface area (Å²) >= 11 is 0. The fourth-order valence-corrected chi connectivity index (χ4v) is 3.58. The Morgan fingerprint density at radius 2 is 1.83 bits per heavy atom. The van der Waals surface area contributed by atoms with Gasteiger partial charge in [0.15, 0.2) is 11.5 Å². The number of amides is 1. The van der Waals surface area contributed by atoms with Crippen molar-refractivity contribution in [1.29, 1.82) is 0 Å². The second-order valence-corrected chi connectivity index (χ2v) is 6.82. The summed E-state index contributed by atoms with van der Waals surface area (Å²) in [4.78, 5) is 13.1. The quantitative estimate of drug-likeness (QED) is 0.682. The molecule has 9 heteroatoms. The van der Waals surface area contributed by atoms with E-state index in [1.165, 1.54) is 26.4 Å². The van der Waals surface area contributed by atoms with E-state index >= 15 is 0 Å². The second kappa shape index (κ2) is 7.62. The van der Waals surface area contributed by atoms with Gasteiger partial charge in [0.2, 0.25) is 6.41 Å². The van der Waals surface area contributed by atoms with Crippen molar-refractivity contribution in [2.24, 2.45) is 0 Å². The molecular formula is C14H21N3O5S.